The molecule has 0 radical (unpaired) electrons. The van der Waals surface area contributed by atoms with Gasteiger partial charge in [-0.05, 0) is 17.7 Å². The summed E-state index contributed by atoms with van der Waals surface area (Å²) in [6, 6.07) is 4.81. The minimum absolute atomic E-state index is 0.0313. The lowest BCUT2D eigenvalue weighted by molar-refractivity contribution is -0.384. The molecule has 0 saturated heterocycles. The van der Waals surface area contributed by atoms with Crippen LogP contribution in [0.1, 0.15) is 12.0 Å². The molecule has 2 rings (SSSR count). The van der Waals surface area contributed by atoms with E-state index in [4.69, 9.17) is 0 Å². The standard InChI is InChI=1S/C17H15NO8/c1-25-14(19)10-7-11(15(20)26-2)9-17(8-10,16(21)22)12-3-5-13(6-4-12)18(23)24/h3-6,8-9H,7H2,1-2H3,(H,21,22). The Bertz CT molecular complexity index is 803. The summed E-state index contributed by atoms with van der Waals surface area (Å²) in [4.78, 5) is 46.2. The van der Waals surface area contributed by atoms with Gasteiger partial charge in [0.15, 0.2) is 0 Å². The van der Waals surface area contributed by atoms with Crippen LogP contribution < -0.4 is 0 Å². The molecule has 9 nitrogen and oxygen atoms in total. The number of carbonyl (C=O) groups is 3. The van der Waals surface area contributed by atoms with E-state index in [2.05, 4.69) is 9.47 Å². The molecule has 136 valence electrons. The maximum atomic E-state index is 12.1. The van der Waals surface area contributed by atoms with E-state index in [0.717, 1.165) is 26.4 Å². The normalized spacial score (nSPS) is 15.3. The Labute approximate surface area is 147 Å². The number of esters is 2. The topological polar surface area (TPSA) is 133 Å². The minimum atomic E-state index is -1.87. The highest BCUT2D eigenvalue weighted by molar-refractivity contribution is 6.00. The van der Waals surface area contributed by atoms with Gasteiger partial charge in [-0.15, -0.1) is 0 Å². The summed E-state index contributed by atoms with van der Waals surface area (Å²) in [7, 11) is 2.27. The summed E-state index contributed by atoms with van der Waals surface area (Å²) >= 11 is 0. The molecule has 0 atom stereocenters. The first-order valence-corrected chi connectivity index (χ1v) is 7.33. The third-order valence-corrected chi connectivity index (χ3v) is 3.99. The first-order chi connectivity index (χ1) is 12.2. The Balaban J connectivity index is 2.69. The summed E-state index contributed by atoms with van der Waals surface area (Å²) in [6.45, 7) is 0. The van der Waals surface area contributed by atoms with E-state index in [1.165, 1.54) is 24.3 Å². The minimum Gasteiger partial charge on any atom is -0.480 e. The molecule has 0 aromatic heterocycles. The second kappa shape index (κ2) is 7.18. The van der Waals surface area contributed by atoms with Gasteiger partial charge in [0.05, 0.1) is 19.1 Å². The van der Waals surface area contributed by atoms with Crippen molar-refractivity contribution in [1.82, 2.24) is 0 Å². The number of nitro benzene ring substituents is 1. The van der Waals surface area contributed by atoms with Crippen molar-refractivity contribution in [1.29, 1.82) is 0 Å². The van der Waals surface area contributed by atoms with Crippen LogP contribution in [0.2, 0.25) is 0 Å². The number of hydrogen-bond acceptors (Lipinski definition) is 7. The highest BCUT2D eigenvalue weighted by atomic mass is 16.6. The quantitative estimate of drug-likeness (QED) is 0.474. The largest absolute Gasteiger partial charge is 0.480 e. The van der Waals surface area contributed by atoms with Crippen LogP contribution in [-0.4, -0.2) is 42.2 Å². The highest BCUT2D eigenvalue weighted by Gasteiger charge is 2.42. The van der Waals surface area contributed by atoms with Crippen molar-refractivity contribution in [3.63, 3.8) is 0 Å². The molecule has 0 fully saturated rings. The van der Waals surface area contributed by atoms with Gasteiger partial charge in [0.1, 0.15) is 5.41 Å². The number of benzene rings is 1. The molecule has 0 bridgehead atoms. The van der Waals surface area contributed by atoms with Crippen molar-refractivity contribution in [2.75, 3.05) is 14.2 Å². The summed E-state index contributed by atoms with van der Waals surface area (Å²) in [5, 5.41) is 20.6. The maximum Gasteiger partial charge on any atom is 0.333 e. The molecule has 1 N–H and O–H groups in total. The van der Waals surface area contributed by atoms with Crippen LogP contribution >= 0.6 is 0 Å². The van der Waals surface area contributed by atoms with Crippen molar-refractivity contribution < 1.29 is 33.9 Å². The lowest BCUT2D eigenvalue weighted by atomic mass is 9.73. The van der Waals surface area contributed by atoms with Gasteiger partial charge in [-0.2, -0.15) is 0 Å². The number of hydrogen-bond donors (Lipinski definition) is 1. The molecule has 26 heavy (non-hydrogen) atoms. The smallest absolute Gasteiger partial charge is 0.333 e. The van der Waals surface area contributed by atoms with E-state index in [9.17, 15) is 29.6 Å². The van der Waals surface area contributed by atoms with Crippen molar-refractivity contribution in [3.05, 3.63) is 63.2 Å². The van der Waals surface area contributed by atoms with Crippen molar-refractivity contribution in [2.24, 2.45) is 0 Å². The average molecular weight is 361 g/mol. The van der Waals surface area contributed by atoms with E-state index in [1.807, 2.05) is 0 Å². The first-order valence-electron chi connectivity index (χ1n) is 7.33. The fourth-order valence-corrected chi connectivity index (χ4v) is 2.70. The number of methoxy groups -OCH3 is 2. The Kier molecular flexibility index (Phi) is 5.20. The molecule has 0 amide bonds. The molecular weight excluding hydrogens is 346 g/mol. The van der Waals surface area contributed by atoms with E-state index in [-0.39, 0.29) is 28.8 Å². The van der Waals surface area contributed by atoms with Crippen LogP contribution in [0.15, 0.2) is 47.6 Å². The average Bonchev–Trinajstić information content (AvgIpc) is 2.65. The van der Waals surface area contributed by atoms with Crippen molar-refractivity contribution in [2.45, 2.75) is 11.8 Å². The number of carbonyl (C=O) groups excluding carboxylic acids is 2. The van der Waals surface area contributed by atoms with E-state index in [0.29, 0.717) is 0 Å². The highest BCUT2D eigenvalue weighted by Crippen LogP contribution is 2.37. The number of carboxylic acid groups (broad SMARTS) is 1. The van der Waals surface area contributed by atoms with Crippen molar-refractivity contribution in [3.8, 4) is 0 Å². The van der Waals surface area contributed by atoms with Crippen LogP contribution in [0.5, 0.6) is 0 Å². The van der Waals surface area contributed by atoms with Crippen LogP contribution in [-0.2, 0) is 29.3 Å². The summed E-state index contributed by atoms with van der Waals surface area (Å²) < 4.78 is 9.28. The molecule has 0 spiro atoms. The van der Waals surface area contributed by atoms with Gasteiger partial charge >= 0.3 is 17.9 Å². The number of ether oxygens (including phenoxy) is 2. The molecule has 0 unspecified atom stereocenters. The summed E-state index contributed by atoms with van der Waals surface area (Å²) in [6.07, 6.45) is 2.20. The second-order valence-electron chi connectivity index (χ2n) is 5.48. The van der Waals surface area contributed by atoms with Gasteiger partial charge in [0.25, 0.3) is 5.69 Å². The maximum absolute atomic E-state index is 12.1. The molecule has 9 heteroatoms. The van der Waals surface area contributed by atoms with Crippen LogP contribution in [0.3, 0.4) is 0 Å². The Morgan fingerprint density at radius 3 is 1.85 bits per heavy atom. The zero-order chi connectivity index (χ0) is 19.5. The molecular formula is C17H15NO8. The van der Waals surface area contributed by atoms with E-state index >= 15 is 0 Å². The number of aliphatic carboxylic acids is 1. The van der Waals surface area contributed by atoms with Gasteiger partial charge < -0.3 is 14.6 Å². The van der Waals surface area contributed by atoms with E-state index in [1.54, 1.807) is 0 Å². The number of nitro groups is 1. The molecule has 1 aromatic carbocycles. The lowest BCUT2D eigenvalue weighted by Crippen LogP contribution is -2.36. The zero-order valence-electron chi connectivity index (χ0n) is 13.9. The first kappa shape index (κ1) is 18.8. The van der Waals surface area contributed by atoms with Gasteiger partial charge in [-0.25, -0.2) is 9.59 Å². The fourth-order valence-electron chi connectivity index (χ4n) is 2.70. The monoisotopic (exact) mass is 361 g/mol. The Morgan fingerprint density at radius 2 is 1.50 bits per heavy atom. The molecule has 0 heterocycles. The molecule has 1 aliphatic rings. The second-order valence-corrected chi connectivity index (χ2v) is 5.48. The van der Waals surface area contributed by atoms with Gasteiger partial charge in [-0.3, -0.25) is 14.9 Å². The van der Waals surface area contributed by atoms with Crippen molar-refractivity contribution >= 4 is 23.6 Å². The number of nitrogens with zero attached hydrogens (tertiary/aromatic N) is 1. The van der Waals surface area contributed by atoms with Gasteiger partial charge in [0.2, 0.25) is 0 Å². The van der Waals surface area contributed by atoms with Crippen LogP contribution in [0, 0.1) is 10.1 Å². The summed E-state index contributed by atoms with van der Waals surface area (Å²) in [5.41, 5.74) is -2.02. The summed E-state index contributed by atoms with van der Waals surface area (Å²) in [5.74, 6) is -2.94. The molecule has 1 aromatic rings. The van der Waals surface area contributed by atoms with Gasteiger partial charge in [-0.1, -0.05) is 12.1 Å². The number of rotatable bonds is 5. The fraction of sp³-hybridized carbons (Fsp3) is 0.235. The Hall–Kier alpha value is -3.49. The Morgan fingerprint density at radius 1 is 1.04 bits per heavy atom. The van der Waals surface area contributed by atoms with Crippen LogP contribution in [0.4, 0.5) is 5.69 Å². The third kappa shape index (κ3) is 3.32. The number of non-ortho nitro benzene ring substituents is 1. The third-order valence-electron chi connectivity index (χ3n) is 3.99. The predicted octanol–water partition coefficient (Wildman–Crippen LogP) is 1.52. The SMILES string of the molecule is COC(=O)C1=CC(C(=O)O)(c2ccc([N+](=O)[O-])cc2)C=C(C(=O)OC)C1. The molecule has 1 aliphatic carbocycles. The molecule has 0 saturated carbocycles. The van der Waals surface area contributed by atoms with Crippen LogP contribution in [0.25, 0.3) is 0 Å². The predicted molar refractivity (Wildman–Crippen MR) is 87.2 cm³/mol. The lowest BCUT2D eigenvalue weighted by Gasteiger charge is -2.28. The number of carboxylic acids is 1. The van der Waals surface area contributed by atoms with E-state index < -0.39 is 28.2 Å². The molecule has 0 aliphatic heterocycles. The van der Waals surface area contributed by atoms with Gasteiger partial charge in [0, 0.05) is 29.7 Å². The zero-order valence-corrected chi connectivity index (χ0v) is 13.9.